The molecule has 0 fully saturated rings. The van der Waals surface area contributed by atoms with Crippen LogP contribution in [0.25, 0.3) is 0 Å². The van der Waals surface area contributed by atoms with Crippen molar-refractivity contribution in [1.82, 2.24) is 4.98 Å². The van der Waals surface area contributed by atoms with Crippen LogP contribution in [0.2, 0.25) is 0 Å². The van der Waals surface area contributed by atoms with Crippen molar-refractivity contribution >= 4 is 15.7 Å². The summed E-state index contributed by atoms with van der Waals surface area (Å²) in [5.74, 6) is -1.87. The van der Waals surface area contributed by atoms with Crippen LogP contribution in [0.15, 0.2) is 11.0 Å². The van der Waals surface area contributed by atoms with Crippen LogP contribution >= 0.6 is 0 Å². The number of alkyl halides is 6. The number of halogens is 6. The molecule has 1 heterocycles. The van der Waals surface area contributed by atoms with Crippen molar-refractivity contribution in [3.8, 4) is 5.88 Å². The van der Waals surface area contributed by atoms with Gasteiger partial charge in [0.15, 0.2) is 4.90 Å². The minimum absolute atomic E-state index is 0.226. The molecule has 8 nitrogen and oxygen atoms in total. The maximum absolute atomic E-state index is 12.7. The van der Waals surface area contributed by atoms with E-state index in [9.17, 15) is 44.9 Å². The van der Waals surface area contributed by atoms with Gasteiger partial charge in [-0.05, 0) is 0 Å². The molecule has 0 saturated heterocycles. The minimum atomic E-state index is -5.63. The number of sulfonamides is 1. The van der Waals surface area contributed by atoms with Gasteiger partial charge in [0.1, 0.15) is 0 Å². The van der Waals surface area contributed by atoms with Gasteiger partial charge < -0.3 is 4.74 Å². The summed E-state index contributed by atoms with van der Waals surface area (Å²) >= 11 is 0. The van der Waals surface area contributed by atoms with Crippen molar-refractivity contribution < 1.29 is 44.4 Å². The van der Waals surface area contributed by atoms with Crippen molar-refractivity contribution in [1.29, 1.82) is 0 Å². The largest absolute Gasteiger partial charge is 0.574 e. The molecule has 0 atom stereocenters. The molecule has 1 aromatic heterocycles. The molecular weight excluding hydrogens is 352 g/mol. The second kappa shape index (κ2) is 5.24. The molecule has 0 aliphatic heterocycles. The van der Waals surface area contributed by atoms with E-state index in [1.54, 1.807) is 0 Å². The lowest BCUT2D eigenvalue weighted by molar-refractivity contribution is -0.391. The van der Waals surface area contributed by atoms with Gasteiger partial charge in [-0.3, -0.25) is 10.1 Å². The van der Waals surface area contributed by atoms with Gasteiger partial charge in [-0.15, -0.1) is 13.2 Å². The van der Waals surface area contributed by atoms with E-state index in [1.165, 1.54) is 0 Å². The molecular formula is C7H3F6N3O5S. The van der Waals surface area contributed by atoms with Crippen LogP contribution in [0.4, 0.5) is 32.0 Å². The van der Waals surface area contributed by atoms with E-state index in [1.807, 2.05) is 0 Å². The van der Waals surface area contributed by atoms with Crippen LogP contribution in [-0.2, 0) is 16.2 Å². The zero-order valence-electron chi connectivity index (χ0n) is 9.77. The minimum Gasteiger partial charge on any atom is -0.388 e. The number of hydrogen-bond acceptors (Lipinski definition) is 6. The van der Waals surface area contributed by atoms with Gasteiger partial charge in [-0.25, -0.2) is 18.5 Å². The molecule has 0 bridgehead atoms. The molecule has 1 aromatic rings. The van der Waals surface area contributed by atoms with Gasteiger partial charge in [0.2, 0.25) is 21.6 Å². The van der Waals surface area contributed by atoms with Crippen LogP contribution < -0.4 is 9.88 Å². The van der Waals surface area contributed by atoms with E-state index in [0.29, 0.717) is 0 Å². The summed E-state index contributed by atoms with van der Waals surface area (Å²) in [6.45, 7) is 0. The monoisotopic (exact) mass is 355 g/mol. The Balaban J connectivity index is 3.81. The van der Waals surface area contributed by atoms with Gasteiger partial charge in [0.25, 0.3) is 0 Å². The highest BCUT2D eigenvalue weighted by Crippen LogP contribution is 2.40. The highest BCUT2D eigenvalue weighted by atomic mass is 32.2. The van der Waals surface area contributed by atoms with Crippen molar-refractivity contribution in [3.05, 3.63) is 21.9 Å². The highest BCUT2D eigenvalue weighted by molar-refractivity contribution is 7.89. The van der Waals surface area contributed by atoms with Crippen LogP contribution in [0, 0.1) is 10.1 Å². The number of nitro groups is 1. The SMILES string of the molecule is NS(=O)(=O)c1cc(OC(F)(F)F)nc(C(F)(F)F)c1[N+](=O)[O-]. The molecule has 2 N–H and O–H groups in total. The predicted molar refractivity (Wildman–Crippen MR) is 53.9 cm³/mol. The van der Waals surface area contributed by atoms with E-state index in [0.717, 1.165) is 0 Å². The summed E-state index contributed by atoms with van der Waals surface area (Å²) < 4.78 is 99.2. The van der Waals surface area contributed by atoms with Crippen molar-refractivity contribution in [2.45, 2.75) is 17.4 Å². The summed E-state index contributed by atoms with van der Waals surface area (Å²) in [7, 11) is -5.17. The maximum atomic E-state index is 12.7. The third-order valence-corrected chi connectivity index (χ3v) is 2.84. The standard InChI is InChI=1S/C7H3F6N3O5S/c8-6(9,10)5-4(16(17)18)2(22(14,19)20)1-3(15-5)21-7(11,12)13/h1H,(H2,14,19,20). The Bertz CT molecular complexity index is 713. The first-order valence-electron chi connectivity index (χ1n) is 4.68. The molecule has 15 heteroatoms. The molecule has 124 valence electrons. The Morgan fingerprint density at radius 1 is 1.23 bits per heavy atom. The van der Waals surface area contributed by atoms with Crippen LogP contribution in [-0.4, -0.2) is 24.7 Å². The summed E-state index contributed by atoms with van der Waals surface area (Å²) in [6, 6.07) is -0.226. The smallest absolute Gasteiger partial charge is 0.388 e. The molecule has 0 aliphatic carbocycles. The first-order valence-corrected chi connectivity index (χ1v) is 6.22. The van der Waals surface area contributed by atoms with E-state index in [-0.39, 0.29) is 6.07 Å². The Morgan fingerprint density at radius 2 is 1.73 bits per heavy atom. The number of rotatable bonds is 3. The van der Waals surface area contributed by atoms with Crippen LogP contribution in [0.5, 0.6) is 5.88 Å². The van der Waals surface area contributed by atoms with E-state index >= 15 is 0 Å². The molecule has 22 heavy (non-hydrogen) atoms. The van der Waals surface area contributed by atoms with Gasteiger partial charge in [-0.2, -0.15) is 13.2 Å². The normalized spacial score (nSPS) is 13.0. The first kappa shape index (κ1) is 17.9. The van der Waals surface area contributed by atoms with E-state index in [2.05, 4.69) is 14.9 Å². The van der Waals surface area contributed by atoms with Gasteiger partial charge in [0, 0.05) is 6.07 Å². The number of nitrogens with zero attached hydrogens (tertiary/aromatic N) is 2. The zero-order valence-corrected chi connectivity index (χ0v) is 10.6. The number of hydrogen-bond donors (Lipinski definition) is 1. The Kier molecular flexibility index (Phi) is 4.26. The molecule has 0 saturated carbocycles. The summed E-state index contributed by atoms with van der Waals surface area (Å²) in [5, 5.41) is 15.1. The second-order valence-corrected chi connectivity index (χ2v) is 5.03. The second-order valence-electron chi connectivity index (χ2n) is 3.50. The predicted octanol–water partition coefficient (Wildman–Crippen LogP) is 1.55. The lowest BCUT2D eigenvalue weighted by Gasteiger charge is -2.13. The topological polar surface area (TPSA) is 125 Å². The van der Waals surface area contributed by atoms with Gasteiger partial charge >= 0.3 is 18.2 Å². The molecule has 0 unspecified atom stereocenters. The first-order chi connectivity index (χ1) is 9.63. The summed E-state index contributed by atoms with van der Waals surface area (Å²) in [5.41, 5.74) is -4.60. The van der Waals surface area contributed by atoms with Crippen molar-refractivity contribution in [3.63, 3.8) is 0 Å². The molecule has 0 amide bonds. The van der Waals surface area contributed by atoms with Crippen LogP contribution in [0.3, 0.4) is 0 Å². The van der Waals surface area contributed by atoms with Crippen molar-refractivity contribution in [2.24, 2.45) is 5.14 Å². The number of ether oxygens (including phenoxy) is 1. The van der Waals surface area contributed by atoms with E-state index < -0.39 is 49.6 Å². The molecule has 1 rings (SSSR count). The van der Waals surface area contributed by atoms with Gasteiger partial charge in [-0.1, -0.05) is 0 Å². The van der Waals surface area contributed by atoms with E-state index in [4.69, 9.17) is 0 Å². The highest BCUT2D eigenvalue weighted by Gasteiger charge is 2.45. The number of nitrogens with two attached hydrogens (primary N) is 1. The Hall–Kier alpha value is -2.16. The molecule has 0 aliphatic rings. The molecule has 0 spiro atoms. The zero-order chi connectivity index (χ0) is 17.5. The van der Waals surface area contributed by atoms with Gasteiger partial charge in [0.05, 0.1) is 4.92 Å². The fraction of sp³-hybridized carbons (Fsp3) is 0.286. The fourth-order valence-electron chi connectivity index (χ4n) is 1.25. The Labute approximate surface area is 116 Å². The number of primary sulfonamides is 1. The summed E-state index contributed by atoms with van der Waals surface area (Å²) in [6.07, 6.45) is -11.1. The third kappa shape index (κ3) is 4.17. The molecule has 0 aromatic carbocycles. The summed E-state index contributed by atoms with van der Waals surface area (Å²) in [4.78, 5) is 9.31. The van der Waals surface area contributed by atoms with Crippen LogP contribution in [0.1, 0.15) is 5.69 Å². The third-order valence-electron chi connectivity index (χ3n) is 1.91. The quantitative estimate of drug-likeness (QED) is 0.498. The Morgan fingerprint density at radius 3 is 2.05 bits per heavy atom. The average Bonchev–Trinajstić information content (AvgIpc) is 2.22. The lowest BCUT2D eigenvalue weighted by atomic mass is 10.3. The maximum Gasteiger partial charge on any atom is 0.574 e. The fourth-order valence-corrected chi connectivity index (χ4v) is 1.96. The average molecular weight is 355 g/mol. The molecule has 0 radical (unpaired) electrons. The lowest BCUT2D eigenvalue weighted by Crippen LogP contribution is -2.23. The number of pyridine rings is 1. The number of aromatic nitrogens is 1. The van der Waals surface area contributed by atoms with Crippen molar-refractivity contribution in [2.75, 3.05) is 0 Å².